The minimum absolute atomic E-state index is 0.345. The molecule has 0 atom stereocenters. The fourth-order valence-corrected chi connectivity index (χ4v) is 2.74. The van der Waals surface area contributed by atoms with E-state index in [1.165, 1.54) is 17.5 Å². The Hall–Kier alpha value is -2.23. The molecule has 0 saturated carbocycles. The second-order valence-corrected chi connectivity index (χ2v) is 5.07. The summed E-state index contributed by atoms with van der Waals surface area (Å²) in [6, 6.07) is 8.19. The van der Waals surface area contributed by atoms with Crippen LogP contribution in [-0.2, 0) is 17.6 Å². The minimum atomic E-state index is -0.381. The van der Waals surface area contributed by atoms with E-state index in [0.29, 0.717) is 18.0 Å². The van der Waals surface area contributed by atoms with Crippen LogP contribution < -0.4 is 5.73 Å². The number of carbonyl (C=O) groups is 1. The van der Waals surface area contributed by atoms with Crippen molar-refractivity contribution in [2.45, 2.75) is 26.2 Å². The molecule has 0 amide bonds. The van der Waals surface area contributed by atoms with Crippen LogP contribution in [-0.4, -0.2) is 17.6 Å². The van der Waals surface area contributed by atoms with Crippen molar-refractivity contribution in [2.24, 2.45) is 0 Å². The summed E-state index contributed by atoms with van der Waals surface area (Å²) in [5, 5.41) is 0. The lowest BCUT2D eigenvalue weighted by molar-refractivity contribution is 0.0528. The van der Waals surface area contributed by atoms with E-state index >= 15 is 0 Å². The lowest BCUT2D eigenvalue weighted by Gasteiger charge is -2.02. The zero-order valence-corrected chi connectivity index (χ0v) is 11.5. The van der Waals surface area contributed by atoms with E-state index in [1.807, 2.05) is 0 Å². The Morgan fingerprint density at radius 1 is 1.30 bits per heavy atom. The van der Waals surface area contributed by atoms with Crippen LogP contribution in [0.5, 0.6) is 0 Å². The molecule has 0 spiro atoms. The third kappa shape index (κ3) is 2.18. The number of ether oxygens (including phenoxy) is 1. The first kappa shape index (κ1) is 12.8. The second-order valence-electron chi connectivity index (χ2n) is 5.07. The summed E-state index contributed by atoms with van der Waals surface area (Å²) < 4.78 is 4.99. The molecule has 0 bridgehead atoms. The van der Waals surface area contributed by atoms with Crippen molar-refractivity contribution < 1.29 is 9.53 Å². The summed E-state index contributed by atoms with van der Waals surface area (Å²) in [6.07, 6.45) is 3.51. The number of benzene rings is 1. The summed E-state index contributed by atoms with van der Waals surface area (Å²) in [6.45, 7) is 2.12. The van der Waals surface area contributed by atoms with Crippen molar-refractivity contribution in [1.82, 2.24) is 4.98 Å². The molecule has 0 fully saturated rings. The molecule has 20 heavy (non-hydrogen) atoms. The second kappa shape index (κ2) is 5.04. The average Bonchev–Trinajstić information content (AvgIpc) is 3.04. The Morgan fingerprint density at radius 2 is 2.10 bits per heavy atom. The number of anilines is 1. The van der Waals surface area contributed by atoms with Crippen LogP contribution >= 0.6 is 0 Å². The number of nitrogen functional groups attached to an aromatic ring is 1. The molecule has 1 aromatic heterocycles. The summed E-state index contributed by atoms with van der Waals surface area (Å²) in [5.74, 6) is -0.0207. The number of carbonyl (C=O) groups excluding carboxylic acids is 1. The summed E-state index contributed by atoms with van der Waals surface area (Å²) >= 11 is 0. The van der Waals surface area contributed by atoms with E-state index in [4.69, 9.17) is 10.5 Å². The van der Waals surface area contributed by atoms with E-state index in [0.717, 1.165) is 24.1 Å². The normalized spacial score (nSPS) is 13.2. The van der Waals surface area contributed by atoms with Gasteiger partial charge in [-0.25, -0.2) is 4.79 Å². The van der Waals surface area contributed by atoms with Crippen LogP contribution in [0.25, 0.3) is 11.3 Å². The first-order valence-electron chi connectivity index (χ1n) is 6.97. The summed E-state index contributed by atoms with van der Waals surface area (Å²) in [5.41, 5.74) is 11.0. The molecule has 3 rings (SSSR count). The molecule has 3 N–H and O–H groups in total. The number of nitrogens with two attached hydrogens (primary N) is 1. The molecule has 4 nitrogen and oxygen atoms in total. The molecular weight excluding hydrogens is 252 g/mol. The monoisotopic (exact) mass is 270 g/mol. The topological polar surface area (TPSA) is 68.1 Å². The lowest BCUT2D eigenvalue weighted by Crippen LogP contribution is -2.05. The quantitative estimate of drug-likeness (QED) is 0.843. The molecule has 1 heterocycles. The van der Waals surface area contributed by atoms with E-state index in [1.54, 1.807) is 13.0 Å². The van der Waals surface area contributed by atoms with Gasteiger partial charge in [0.2, 0.25) is 0 Å². The Morgan fingerprint density at radius 3 is 2.90 bits per heavy atom. The SMILES string of the molecule is CCOC(=O)c1cc(-c2ccc3c(c2)CCC3)[nH]c1N. The highest BCUT2D eigenvalue weighted by atomic mass is 16.5. The van der Waals surface area contributed by atoms with Crippen LogP contribution in [0.15, 0.2) is 24.3 Å². The number of fused-ring (bicyclic) bond motifs is 1. The van der Waals surface area contributed by atoms with Gasteiger partial charge in [0.05, 0.1) is 6.61 Å². The van der Waals surface area contributed by atoms with Crippen molar-refractivity contribution in [3.05, 3.63) is 41.0 Å². The smallest absolute Gasteiger partial charge is 0.341 e. The Balaban J connectivity index is 1.95. The predicted molar refractivity (Wildman–Crippen MR) is 78.6 cm³/mol. The van der Waals surface area contributed by atoms with Gasteiger partial charge in [-0.05, 0) is 55.0 Å². The molecule has 0 saturated heterocycles. The zero-order valence-electron chi connectivity index (χ0n) is 11.5. The largest absolute Gasteiger partial charge is 0.462 e. The minimum Gasteiger partial charge on any atom is -0.462 e. The maximum Gasteiger partial charge on any atom is 0.341 e. The van der Waals surface area contributed by atoms with Gasteiger partial charge in [0.15, 0.2) is 0 Å². The summed E-state index contributed by atoms with van der Waals surface area (Å²) in [7, 11) is 0. The molecule has 1 aliphatic rings. The molecular formula is C16H18N2O2. The predicted octanol–water partition coefficient (Wildman–Crippen LogP) is 2.93. The molecule has 104 valence electrons. The highest BCUT2D eigenvalue weighted by Gasteiger charge is 2.17. The van der Waals surface area contributed by atoms with Gasteiger partial charge in [0.1, 0.15) is 11.4 Å². The Labute approximate surface area is 117 Å². The standard InChI is InChI=1S/C16H18N2O2/c1-2-20-16(19)13-9-14(18-15(13)17)12-7-6-10-4-3-5-11(10)8-12/h6-9,18H,2-5,17H2,1H3. The fourth-order valence-electron chi connectivity index (χ4n) is 2.74. The van der Waals surface area contributed by atoms with Gasteiger partial charge >= 0.3 is 5.97 Å². The Kier molecular flexibility index (Phi) is 3.22. The highest BCUT2D eigenvalue weighted by molar-refractivity contribution is 5.96. The average molecular weight is 270 g/mol. The van der Waals surface area contributed by atoms with Crippen LogP contribution in [0.4, 0.5) is 5.82 Å². The van der Waals surface area contributed by atoms with Crippen molar-refractivity contribution in [2.75, 3.05) is 12.3 Å². The lowest BCUT2D eigenvalue weighted by atomic mass is 10.0. The van der Waals surface area contributed by atoms with Crippen molar-refractivity contribution in [3.8, 4) is 11.3 Å². The third-order valence-corrected chi connectivity index (χ3v) is 3.75. The molecule has 0 aliphatic heterocycles. The van der Waals surface area contributed by atoms with Crippen molar-refractivity contribution in [1.29, 1.82) is 0 Å². The first-order valence-corrected chi connectivity index (χ1v) is 6.97. The van der Waals surface area contributed by atoms with Gasteiger partial charge in [0, 0.05) is 5.69 Å². The molecule has 1 aromatic carbocycles. The molecule has 0 unspecified atom stereocenters. The van der Waals surface area contributed by atoms with E-state index < -0.39 is 0 Å². The van der Waals surface area contributed by atoms with Gasteiger partial charge in [-0.2, -0.15) is 0 Å². The maximum atomic E-state index is 11.8. The van der Waals surface area contributed by atoms with Crippen LogP contribution in [0.3, 0.4) is 0 Å². The Bertz CT molecular complexity index is 658. The number of hydrogen-bond acceptors (Lipinski definition) is 3. The number of aryl methyl sites for hydroxylation is 2. The zero-order chi connectivity index (χ0) is 14.1. The number of esters is 1. The van der Waals surface area contributed by atoms with Crippen molar-refractivity contribution >= 4 is 11.8 Å². The van der Waals surface area contributed by atoms with E-state index in [9.17, 15) is 4.79 Å². The third-order valence-electron chi connectivity index (χ3n) is 3.75. The number of hydrogen-bond donors (Lipinski definition) is 2. The number of aromatic nitrogens is 1. The van der Waals surface area contributed by atoms with Gasteiger partial charge in [-0.15, -0.1) is 0 Å². The number of H-pyrrole nitrogens is 1. The van der Waals surface area contributed by atoms with E-state index in [2.05, 4.69) is 23.2 Å². The number of nitrogens with one attached hydrogen (secondary N) is 1. The van der Waals surface area contributed by atoms with Crippen LogP contribution in [0.2, 0.25) is 0 Å². The number of aromatic amines is 1. The van der Waals surface area contributed by atoms with Gasteiger partial charge in [-0.1, -0.05) is 12.1 Å². The van der Waals surface area contributed by atoms with Gasteiger partial charge in [-0.3, -0.25) is 0 Å². The fraction of sp³-hybridized carbons (Fsp3) is 0.312. The van der Waals surface area contributed by atoms with Gasteiger partial charge in [0.25, 0.3) is 0 Å². The van der Waals surface area contributed by atoms with Crippen molar-refractivity contribution in [3.63, 3.8) is 0 Å². The van der Waals surface area contributed by atoms with Gasteiger partial charge < -0.3 is 15.5 Å². The maximum absolute atomic E-state index is 11.8. The summed E-state index contributed by atoms with van der Waals surface area (Å²) in [4.78, 5) is 14.8. The first-order chi connectivity index (χ1) is 9.69. The highest BCUT2D eigenvalue weighted by Crippen LogP contribution is 2.29. The van der Waals surface area contributed by atoms with E-state index in [-0.39, 0.29) is 5.97 Å². The van der Waals surface area contributed by atoms with Crippen LogP contribution in [0, 0.1) is 0 Å². The molecule has 2 aromatic rings. The molecule has 4 heteroatoms. The molecule has 0 radical (unpaired) electrons. The van der Waals surface area contributed by atoms with Crippen LogP contribution in [0.1, 0.15) is 34.8 Å². The number of rotatable bonds is 3. The molecule has 1 aliphatic carbocycles.